The Morgan fingerprint density at radius 3 is 2.86 bits per heavy atom. The first kappa shape index (κ1) is 8.56. The van der Waals surface area contributed by atoms with Gasteiger partial charge in [-0.25, -0.2) is 4.79 Å². The summed E-state index contributed by atoms with van der Waals surface area (Å²) in [5.41, 5.74) is 7.31. The molecule has 3 nitrogen and oxygen atoms in total. The molecule has 3 heteroatoms. The van der Waals surface area contributed by atoms with Crippen molar-refractivity contribution in [3.05, 3.63) is 46.8 Å². The summed E-state index contributed by atoms with van der Waals surface area (Å²) in [5.74, 6) is 0. The van der Waals surface area contributed by atoms with Crippen LogP contribution < -0.4 is 11.4 Å². The van der Waals surface area contributed by atoms with Crippen molar-refractivity contribution < 1.29 is 4.42 Å². The lowest BCUT2D eigenvalue weighted by Crippen LogP contribution is -1.96. The van der Waals surface area contributed by atoms with Crippen molar-refractivity contribution in [3.8, 4) is 0 Å². The van der Waals surface area contributed by atoms with Gasteiger partial charge >= 0.3 is 5.63 Å². The van der Waals surface area contributed by atoms with Gasteiger partial charge in [0.15, 0.2) is 0 Å². The van der Waals surface area contributed by atoms with Crippen molar-refractivity contribution in [2.24, 2.45) is 0 Å². The van der Waals surface area contributed by atoms with E-state index in [0.29, 0.717) is 11.3 Å². The lowest BCUT2D eigenvalue weighted by Gasteiger charge is -2.01. The Labute approximate surface area is 80.5 Å². The first-order valence-electron chi connectivity index (χ1n) is 4.16. The van der Waals surface area contributed by atoms with E-state index in [2.05, 4.69) is 6.58 Å². The van der Waals surface area contributed by atoms with Crippen LogP contribution >= 0.6 is 0 Å². The maximum absolute atomic E-state index is 10.9. The minimum atomic E-state index is -0.364. The summed E-state index contributed by atoms with van der Waals surface area (Å²) >= 11 is 0. The van der Waals surface area contributed by atoms with Crippen molar-refractivity contribution in [3.63, 3.8) is 0 Å². The Hall–Kier alpha value is -2.03. The molecule has 0 spiro atoms. The normalized spacial score (nSPS) is 10.3. The summed E-state index contributed by atoms with van der Waals surface area (Å²) in [7, 11) is 0. The van der Waals surface area contributed by atoms with Gasteiger partial charge in [-0.1, -0.05) is 12.7 Å². The number of nitrogens with two attached hydrogens (primary N) is 1. The molecule has 2 aromatic rings. The van der Waals surface area contributed by atoms with E-state index in [1.807, 2.05) is 0 Å². The van der Waals surface area contributed by atoms with E-state index in [0.717, 1.165) is 10.9 Å². The fourth-order valence-corrected chi connectivity index (χ4v) is 1.33. The number of anilines is 1. The van der Waals surface area contributed by atoms with Crippen LogP contribution in [0.25, 0.3) is 17.0 Å². The Kier molecular flexibility index (Phi) is 1.85. The van der Waals surface area contributed by atoms with E-state index in [9.17, 15) is 4.79 Å². The van der Waals surface area contributed by atoms with Crippen LogP contribution in [0, 0.1) is 0 Å². The standard InChI is InChI=1S/C11H9NO2/c1-2-7-6-10-8(5-9(7)12)3-4-11(13)14-10/h2-6H,1,12H2. The first-order chi connectivity index (χ1) is 6.70. The van der Waals surface area contributed by atoms with Gasteiger partial charge in [-0.05, 0) is 18.2 Å². The SMILES string of the molecule is C=Cc1cc2oc(=O)ccc2cc1N. The lowest BCUT2D eigenvalue weighted by atomic mass is 10.1. The Morgan fingerprint density at radius 2 is 2.14 bits per heavy atom. The number of fused-ring (bicyclic) bond motifs is 1. The molecule has 0 unspecified atom stereocenters. The minimum absolute atomic E-state index is 0.364. The number of nitrogen functional groups attached to an aromatic ring is 1. The maximum Gasteiger partial charge on any atom is 0.336 e. The molecule has 70 valence electrons. The third-order valence-electron chi connectivity index (χ3n) is 2.04. The summed E-state index contributed by atoms with van der Waals surface area (Å²) < 4.78 is 5.00. The van der Waals surface area contributed by atoms with Crippen molar-refractivity contribution in [2.45, 2.75) is 0 Å². The molecule has 0 atom stereocenters. The number of hydrogen-bond acceptors (Lipinski definition) is 3. The van der Waals surface area contributed by atoms with Gasteiger partial charge in [0.2, 0.25) is 0 Å². The summed E-state index contributed by atoms with van der Waals surface area (Å²) in [6, 6.07) is 6.52. The van der Waals surface area contributed by atoms with Crippen LogP contribution in [0.15, 0.2) is 40.1 Å². The molecule has 14 heavy (non-hydrogen) atoms. The molecule has 0 amide bonds. The van der Waals surface area contributed by atoms with Crippen molar-refractivity contribution >= 4 is 22.7 Å². The number of rotatable bonds is 1. The second kappa shape index (κ2) is 3.03. The van der Waals surface area contributed by atoms with Crippen molar-refractivity contribution in [1.29, 1.82) is 0 Å². The summed E-state index contributed by atoms with van der Waals surface area (Å²) in [4.78, 5) is 10.9. The third-order valence-corrected chi connectivity index (χ3v) is 2.04. The van der Waals surface area contributed by atoms with Crippen LogP contribution in [0.5, 0.6) is 0 Å². The van der Waals surface area contributed by atoms with E-state index in [1.54, 1.807) is 24.3 Å². The Morgan fingerprint density at radius 1 is 1.36 bits per heavy atom. The average Bonchev–Trinajstić information content (AvgIpc) is 2.17. The fraction of sp³-hybridized carbons (Fsp3) is 0. The lowest BCUT2D eigenvalue weighted by molar-refractivity contribution is 0.561. The van der Waals surface area contributed by atoms with E-state index in [-0.39, 0.29) is 5.63 Å². The summed E-state index contributed by atoms with van der Waals surface area (Å²) in [6.45, 7) is 3.62. The zero-order valence-electron chi connectivity index (χ0n) is 7.49. The largest absolute Gasteiger partial charge is 0.423 e. The molecule has 0 aliphatic heterocycles. The molecule has 0 bridgehead atoms. The second-order valence-corrected chi connectivity index (χ2v) is 2.98. The van der Waals surface area contributed by atoms with E-state index in [1.165, 1.54) is 6.07 Å². The molecule has 0 fully saturated rings. The zero-order valence-corrected chi connectivity index (χ0v) is 7.49. The number of benzene rings is 1. The van der Waals surface area contributed by atoms with E-state index in [4.69, 9.17) is 10.2 Å². The Bertz CT molecular complexity index is 555. The van der Waals surface area contributed by atoms with Gasteiger partial charge in [0.25, 0.3) is 0 Å². The van der Waals surface area contributed by atoms with Crippen molar-refractivity contribution in [2.75, 3.05) is 5.73 Å². The fourth-order valence-electron chi connectivity index (χ4n) is 1.33. The summed E-state index contributed by atoms with van der Waals surface area (Å²) in [5, 5.41) is 0.813. The third kappa shape index (κ3) is 1.29. The molecule has 1 aromatic heterocycles. The molecule has 1 aromatic carbocycles. The molecule has 0 aliphatic rings. The molecular formula is C11H9NO2. The summed E-state index contributed by atoms with van der Waals surface area (Å²) in [6.07, 6.45) is 1.63. The van der Waals surface area contributed by atoms with E-state index >= 15 is 0 Å². The average molecular weight is 187 g/mol. The molecule has 0 aliphatic carbocycles. The smallest absolute Gasteiger partial charge is 0.336 e. The highest BCUT2D eigenvalue weighted by Gasteiger charge is 2.01. The highest BCUT2D eigenvalue weighted by molar-refractivity contribution is 5.85. The highest BCUT2D eigenvalue weighted by atomic mass is 16.4. The van der Waals surface area contributed by atoms with Gasteiger partial charge in [-0.2, -0.15) is 0 Å². The van der Waals surface area contributed by atoms with Crippen LogP contribution in [-0.4, -0.2) is 0 Å². The maximum atomic E-state index is 10.9. The van der Waals surface area contributed by atoms with Gasteiger partial charge in [-0.3, -0.25) is 0 Å². The molecule has 2 N–H and O–H groups in total. The van der Waals surface area contributed by atoms with Gasteiger partial charge in [0.1, 0.15) is 5.58 Å². The number of hydrogen-bond donors (Lipinski definition) is 1. The minimum Gasteiger partial charge on any atom is -0.423 e. The monoisotopic (exact) mass is 187 g/mol. The molecule has 0 radical (unpaired) electrons. The first-order valence-corrected chi connectivity index (χ1v) is 4.16. The topological polar surface area (TPSA) is 56.2 Å². The Balaban J connectivity index is 2.86. The van der Waals surface area contributed by atoms with Gasteiger partial charge in [0, 0.05) is 22.7 Å². The predicted octanol–water partition coefficient (Wildman–Crippen LogP) is 2.02. The zero-order chi connectivity index (χ0) is 10.1. The molecule has 2 rings (SSSR count). The highest BCUT2D eigenvalue weighted by Crippen LogP contribution is 2.21. The molecule has 1 heterocycles. The molecular weight excluding hydrogens is 178 g/mol. The quantitative estimate of drug-likeness (QED) is 0.548. The van der Waals surface area contributed by atoms with Crippen LogP contribution in [0.1, 0.15) is 5.56 Å². The molecule has 0 saturated carbocycles. The molecule has 0 saturated heterocycles. The van der Waals surface area contributed by atoms with Gasteiger partial charge in [0.05, 0.1) is 0 Å². The van der Waals surface area contributed by atoms with Crippen LogP contribution in [-0.2, 0) is 0 Å². The second-order valence-electron chi connectivity index (χ2n) is 2.98. The van der Waals surface area contributed by atoms with Crippen LogP contribution in [0.4, 0.5) is 5.69 Å². The van der Waals surface area contributed by atoms with E-state index < -0.39 is 0 Å². The van der Waals surface area contributed by atoms with Crippen LogP contribution in [0.3, 0.4) is 0 Å². The van der Waals surface area contributed by atoms with Gasteiger partial charge in [-0.15, -0.1) is 0 Å². The predicted molar refractivity (Wildman–Crippen MR) is 57.0 cm³/mol. The van der Waals surface area contributed by atoms with Crippen LogP contribution in [0.2, 0.25) is 0 Å². The van der Waals surface area contributed by atoms with Crippen molar-refractivity contribution in [1.82, 2.24) is 0 Å². The van der Waals surface area contributed by atoms with Gasteiger partial charge < -0.3 is 10.2 Å².